The van der Waals surface area contributed by atoms with Crippen LogP contribution < -0.4 is 5.32 Å². The van der Waals surface area contributed by atoms with E-state index in [1.807, 2.05) is 6.07 Å². The highest BCUT2D eigenvalue weighted by molar-refractivity contribution is 6.32. The van der Waals surface area contributed by atoms with Crippen LogP contribution in [0.2, 0.25) is 10.4 Å². The number of fused-ring (bicyclic) bond motifs is 3. The molecule has 2 aromatic rings. The molecule has 1 aromatic heterocycles. The van der Waals surface area contributed by atoms with E-state index in [0.29, 0.717) is 18.1 Å². The van der Waals surface area contributed by atoms with Gasteiger partial charge in [0, 0.05) is 24.1 Å². The molecule has 1 aliphatic carbocycles. The molecule has 4 rings (SSSR count). The number of rotatable bonds is 0. The Morgan fingerprint density at radius 3 is 2.95 bits per heavy atom. The van der Waals surface area contributed by atoms with Crippen LogP contribution in [0.3, 0.4) is 0 Å². The van der Waals surface area contributed by atoms with E-state index in [2.05, 4.69) is 15.3 Å². The summed E-state index contributed by atoms with van der Waals surface area (Å²) in [6, 6.07) is 5.27. The van der Waals surface area contributed by atoms with Crippen LogP contribution >= 0.6 is 23.2 Å². The van der Waals surface area contributed by atoms with Crippen LogP contribution in [0.4, 0.5) is 4.39 Å². The number of nitrogens with zero attached hydrogens (tertiary/aromatic N) is 2. The number of benzene rings is 1. The van der Waals surface area contributed by atoms with Gasteiger partial charge in [-0.15, -0.1) is 0 Å². The Labute approximate surface area is 131 Å². The van der Waals surface area contributed by atoms with Crippen molar-refractivity contribution in [1.82, 2.24) is 15.3 Å². The third-order valence-corrected chi connectivity index (χ3v) is 4.97. The minimum Gasteiger partial charge on any atom is -0.303 e. The number of hydrogen-bond donors (Lipinski definition) is 1. The molecule has 3 nitrogen and oxygen atoms in total. The highest BCUT2D eigenvalue weighted by Crippen LogP contribution is 2.43. The Balaban J connectivity index is 1.84. The first-order valence-corrected chi connectivity index (χ1v) is 7.58. The maximum absolute atomic E-state index is 14.3. The highest BCUT2D eigenvalue weighted by atomic mass is 35.5. The van der Waals surface area contributed by atoms with Crippen molar-refractivity contribution in [2.45, 2.75) is 31.3 Å². The molecule has 1 N–H and O–H groups in total. The summed E-state index contributed by atoms with van der Waals surface area (Å²) >= 11 is 12.0. The molecule has 0 unspecified atom stereocenters. The number of aryl methyl sites for hydroxylation is 1. The van der Waals surface area contributed by atoms with Crippen molar-refractivity contribution >= 4 is 23.2 Å². The van der Waals surface area contributed by atoms with Gasteiger partial charge >= 0.3 is 0 Å². The van der Waals surface area contributed by atoms with Crippen molar-refractivity contribution in [3.8, 4) is 0 Å². The molecule has 0 bridgehead atoms. The van der Waals surface area contributed by atoms with Gasteiger partial charge < -0.3 is 5.32 Å². The number of hydrogen-bond acceptors (Lipinski definition) is 3. The lowest BCUT2D eigenvalue weighted by Gasteiger charge is -2.36. The zero-order chi connectivity index (χ0) is 14.6. The van der Waals surface area contributed by atoms with Crippen molar-refractivity contribution in [2.24, 2.45) is 0 Å². The topological polar surface area (TPSA) is 37.8 Å². The van der Waals surface area contributed by atoms with Gasteiger partial charge in [-0.3, -0.25) is 0 Å². The van der Waals surface area contributed by atoms with Gasteiger partial charge in [0.25, 0.3) is 0 Å². The van der Waals surface area contributed by atoms with E-state index in [1.165, 1.54) is 6.07 Å². The molecule has 1 aromatic carbocycles. The van der Waals surface area contributed by atoms with Gasteiger partial charge in [0.05, 0.1) is 11.2 Å². The summed E-state index contributed by atoms with van der Waals surface area (Å²) in [5, 5.41) is 3.98. The lowest BCUT2D eigenvalue weighted by atomic mass is 9.82. The smallest absolute Gasteiger partial charge is 0.224 e. The van der Waals surface area contributed by atoms with Gasteiger partial charge in [0.1, 0.15) is 11.0 Å². The average molecular weight is 324 g/mol. The third kappa shape index (κ3) is 1.97. The first-order chi connectivity index (χ1) is 10.1. The van der Waals surface area contributed by atoms with Crippen LogP contribution in [0.15, 0.2) is 18.2 Å². The lowest BCUT2D eigenvalue weighted by Crippen LogP contribution is -2.46. The third-order valence-electron chi connectivity index (χ3n) is 4.49. The molecular formula is C15H12Cl2FN3. The van der Waals surface area contributed by atoms with Crippen molar-refractivity contribution in [3.05, 3.63) is 56.8 Å². The molecule has 1 spiro atoms. The molecule has 2 heterocycles. The molecule has 2 aliphatic rings. The Morgan fingerprint density at radius 1 is 1.24 bits per heavy atom. The van der Waals surface area contributed by atoms with Crippen LogP contribution in [0, 0.1) is 5.82 Å². The number of halogens is 3. The normalized spacial score (nSPS) is 23.2. The standard InChI is InChI=1S/C15H12Cl2FN3/c16-13-9-7-19-15(6-11(9)20-14(17)21-13)5-4-8-2-1-3-10(18)12(8)15/h1-3,19H,4-7H2/t15-/m0/s1. The molecular weight excluding hydrogens is 312 g/mol. The second-order valence-corrected chi connectivity index (χ2v) is 6.29. The zero-order valence-electron chi connectivity index (χ0n) is 11.1. The van der Waals surface area contributed by atoms with Gasteiger partial charge in [-0.2, -0.15) is 0 Å². The van der Waals surface area contributed by atoms with Gasteiger partial charge in [-0.1, -0.05) is 23.7 Å². The molecule has 1 atom stereocenters. The minimum atomic E-state index is -0.408. The highest BCUT2D eigenvalue weighted by Gasteiger charge is 2.44. The summed E-state index contributed by atoms with van der Waals surface area (Å²) < 4.78 is 14.3. The Hall–Kier alpha value is -1.23. The van der Waals surface area contributed by atoms with E-state index in [0.717, 1.165) is 35.2 Å². The van der Waals surface area contributed by atoms with Gasteiger partial charge in [-0.25, -0.2) is 14.4 Å². The molecule has 21 heavy (non-hydrogen) atoms. The van der Waals surface area contributed by atoms with E-state index in [1.54, 1.807) is 6.07 Å². The zero-order valence-corrected chi connectivity index (χ0v) is 12.6. The second-order valence-electron chi connectivity index (χ2n) is 5.60. The molecule has 0 radical (unpaired) electrons. The lowest BCUT2D eigenvalue weighted by molar-refractivity contribution is 0.293. The average Bonchev–Trinajstić information content (AvgIpc) is 2.78. The Bertz CT molecular complexity index is 750. The van der Waals surface area contributed by atoms with Crippen molar-refractivity contribution in [1.29, 1.82) is 0 Å². The fourth-order valence-corrected chi connectivity index (χ4v) is 4.02. The summed E-state index contributed by atoms with van der Waals surface area (Å²) in [5.41, 5.74) is 3.10. The summed E-state index contributed by atoms with van der Waals surface area (Å²) in [4.78, 5) is 8.27. The first-order valence-electron chi connectivity index (χ1n) is 6.83. The molecule has 0 saturated heterocycles. The van der Waals surface area contributed by atoms with Crippen LogP contribution in [-0.2, 0) is 24.9 Å². The van der Waals surface area contributed by atoms with Crippen LogP contribution in [0.1, 0.15) is 28.8 Å². The second kappa shape index (κ2) is 4.63. The summed E-state index contributed by atoms with van der Waals surface area (Å²) in [6.45, 7) is 0.527. The minimum absolute atomic E-state index is 0.141. The van der Waals surface area contributed by atoms with Crippen molar-refractivity contribution in [3.63, 3.8) is 0 Å². The molecule has 1 aliphatic heterocycles. The fourth-order valence-electron chi connectivity index (χ4n) is 3.54. The molecule has 0 amide bonds. The SMILES string of the molecule is Fc1cccc2c1[C@]1(CC2)Cc2nc(Cl)nc(Cl)c2CN1. The van der Waals surface area contributed by atoms with E-state index >= 15 is 0 Å². The van der Waals surface area contributed by atoms with E-state index < -0.39 is 5.54 Å². The van der Waals surface area contributed by atoms with E-state index in [9.17, 15) is 4.39 Å². The van der Waals surface area contributed by atoms with Crippen molar-refractivity contribution in [2.75, 3.05) is 0 Å². The fraction of sp³-hybridized carbons (Fsp3) is 0.333. The maximum Gasteiger partial charge on any atom is 0.224 e. The summed E-state index contributed by atoms with van der Waals surface area (Å²) in [6.07, 6.45) is 2.29. The number of aromatic nitrogens is 2. The molecule has 108 valence electrons. The quantitative estimate of drug-likeness (QED) is 0.596. The maximum atomic E-state index is 14.3. The van der Waals surface area contributed by atoms with Crippen LogP contribution in [0.25, 0.3) is 0 Å². The predicted molar refractivity (Wildman–Crippen MR) is 79.0 cm³/mol. The van der Waals surface area contributed by atoms with Gasteiger partial charge in [0.2, 0.25) is 5.28 Å². The van der Waals surface area contributed by atoms with Crippen molar-refractivity contribution < 1.29 is 4.39 Å². The van der Waals surface area contributed by atoms with E-state index in [4.69, 9.17) is 23.2 Å². The van der Waals surface area contributed by atoms with E-state index in [-0.39, 0.29) is 11.1 Å². The largest absolute Gasteiger partial charge is 0.303 e. The van der Waals surface area contributed by atoms with Gasteiger partial charge in [0.15, 0.2) is 0 Å². The summed E-state index contributed by atoms with van der Waals surface area (Å²) in [7, 11) is 0. The Morgan fingerprint density at radius 2 is 2.10 bits per heavy atom. The number of nitrogens with one attached hydrogen (secondary N) is 1. The molecule has 6 heteroatoms. The first kappa shape index (κ1) is 13.4. The summed E-state index contributed by atoms with van der Waals surface area (Å²) in [5.74, 6) is -0.160. The van der Waals surface area contributed by atoms with Crippen LogP contribution in [-0.4, -0.2) is 9.97 Å². The van der Waals surface area contributed by atoms with Gasteiger partial charge in [-0.05, 0) is 36.1 Å². The predicted octanol–water partition coefficient (Wildman–Crippen LogP) is 3.41. The molecule has 0 saturated carbocycles. The van der Waals surface area contributed by atoms with Crippen LogP contribution in [0.5, 0.6) is 0 Å². The monoisotopic (exact) mass is 323 g/mol. The Kier molecular flexibility index (Phi) is 2.96. The molecule has 0 fully saturated rings.